The van der Waals surface area contributed by atoms with E-state index in [2.05, 4.69) is 15.9 Å². The molecule has 0 N–H and O–H groups in total. The largest absolute Gasteiger partial charge is 0.206 e. The predicted molar refractivity (Wildman–Crippen MR) is 41.5 cm³/mol. The van der Waals surface area contributed by atoms with Crippen LogP contribution in [0.15, 0.2) is 9.85 Å². The molecule has 0 amide bonds. The van der Waals surface area contributed by atoms with Crippen molar-refractivity contribution in [2.45, 2.75) is 5.88 Å². The molecule has 0 aliphatic rings. The average Bonchev–Trinajstić information content (AvgIpc) is 2.10. The summed E-state index contributed by atoms with van der Waals surface area (Å²) in [5.74, 6) is 0.0316. The summed E-state index contributed by atoms with van der Waals surface area (Å²) < 4.78 is 13.3. The van der Waals surface area contributed by atoms with E-state index in [9.17, 15) is 4.39 Å². The third kappa shape index (κ3) is 1.66. The highest BCUT2D eigenvalue weighted by atomic mass is 79.9. The molecule has 1 aromatic rings. The van der Waals surface area contributed by atoms with Crippen molar-refractivity contribution in [3.05, 3.63) is 20.5 Å². The lowest BCUT2D eigenvalue weighted by molar-refractivity contribution is 0.624. The van der Waals surface area contributed by atoms with Crippen LogP contribution in [0.1, 0.15) is 4.88 Å². The molecule has 0 fully saturated rings. The lowest BCUT2D eigenvalue weighted by Crippen LogP contribution is -1.71. The molecule has 0 aliphatic carbocycles. The normalized spacial score (nSPS) is 10.1. The Morgan fingerprint density at radius 2 is 2.44 bits per heavy atom. The Balaban J connectivity index is 3.01. The van der Waals surface area contributed by atoms with Gasteiger partial charge >= 0.3 is 0 Å². The molecule has 1 rings (SSSR count). The molecule has 0 unspecified atom stereocenters. The first-order chi connectivity index (χ1) is 4.24. The van der Waals surface area contributed by atoms with E-state index in [0.29, 0.717) is 4.88 Å². The fourth-order valence-electron chi connectivity index (χ4n) is 0.467. The Morgan fingerprint density at radius 3 is 2.67 bits per heavy atom. The highest BCUT2D eigenvalue weighted by Gasteiger charge is 2.04. The monoisotopic (exact) mass is 228 g/mol. The van der Waals surface area contributed by atoms with Gasteiger partial charge in [-0.2, -0.15) is 0 Å². The van der Waals surface area contributed by atoms with E-state index in [-0.39, 0.29) is 11.7 Å². The predicted octanol–water partition coefficient (Wildman–Crippen LogP) is 3.39. The van der Waals surface area contributed by atoms with Gasteiger partial charge in [0.15, 0.2) is 0 Å². The van der Waals surface area contributed by atoms with E-state index in [4.69, 9.17) is 11.6 Å². The molecule has 9 heavy (non-hydrogen) atoms. The average molecular weight is 230 g/mol. The van der Waals surface area contributed by atoms with Gasteiger partial charge < -0.3 is 0 Å². The third-order valence-corrected chi connectivity index (χ3v) is 2.89. The number of alkyl halides is 1. The zero-order valence-corrected chi connectivity index (χ0v) is 7.49. The molecule has 0 nitrogen and oxygen atoms in total. The fourth-order valence-corrected chi connectivity index (χ4v) is 2.15. The van der Waals surface area contributed by atoms with Crippen LogP contribution in [-0.2, 0) is 5.88 Å². The second-order valence-corrected chi connectivity index (χ2v) is 4.24. The summed E-state index contributed by atoms with van der Waals surface area (Å²) in [6, 6.07) is 1.42. The zero-order valence-electron chi connectivity index (χ0n) is 4.33. The van der Waals surface area contributed by atoms with Gasteiger partial charge in [-0.25, -0.2) is 4.39 Å². The van der Waals surface area contributed by atoms with E-state index in [1.165, 1.54) is 17.4 Å². The van der Waals surface area contributed by atoms with E-state index >= 15 is 0 Å². The Morgan fingerprint density at radius 1 is 1.78 bits per heavy atom. The van der Waals surface area contributed by atoms with Gasteiger partial charge in [-0.1, -0.05) is 0 Å². The molecular formula is C5H3BrClFS. The second kappa shape index (κ2) is 2.99. The van der Waals surface area contributed by atoms with Gasteiger partial charge in [-0.05, 0) is 22.0 Å². The molecule has 0 spiro atoms. The van der Waals surface area contributed by atoms with E-state index in [1.807, 2.05) is 0 Å². The number of hydrogen-bond acceptors (Lipinski definition) is 1. The van der Waals surface area contributed by atoms with Gasteiger partial charge in [-0.15, -0.1) is 22.9 Å². The summed E-state index contributed by atoms with van der Waals surface area (Å²) in [7, 11) is 0. The van der Waals surface area contributed by atoms with Crippen molar-refractivity contribution in [2.75, 3.05) is 0 Å². The lowest BCUT2D eigenvalue weighted by Gasteiger charge is -1.82. The Bertz CT molecular complexity index is 211. The van der Waals surface area contributed by atoms with Gasteiger partial charge in [-0.3, -0.25) is 0 Å². The van der Waals surface area contributed by atoms with Crippen LogP contribution in [-0.4, -0.2) is 0 Å². The van der Waals surface area contributed by atoms with Crippen molar-refractivity contribution in [1.29, 1.82) is 0 Å². The van der Waals surface area contributed by atoms with Crippen molar-refractivity contribution in [3.63, 3.8) is 0 Å². The van der Waals surface area contributed by atoms with Gasteiger partial charge in [0, 0.05) is 0 Å². The van der Waals surface area contributed by atoms with E-state index < -0.39 is 0 Å². The maximum absolute atomic E-state index is 12.5. The third-order valence-electron chi connectivity index (χ3n) is 0.849. The van der Waals surface area contributed by atoms with Gasteiger partial charge in [0.2, 0.25) is 0 Å². The standard InChI is InChI=1S/C5H3BrClFS/c6-5-1-3(8)4(2-7)9-5/h1H,2H2. The van der Waals surface area contributed by atoms with Crippen molar-refractivity contribution < 1.29 is 4.39 Å². The van der Waals surface area contributed by atoms with Crippen LogP contribution in [0.2, 0.25) is 0 Å². The minimum Gasteiger partial charge on any atom is -0.206 e. The molecular weight excluding hydrogens is 226 g/mol. The van der Waals surface area contributed by atoms with Crippen LogP contribution in [0, 0.1) is 5.82 Å². The Hall–Kier alpha value is 0.400. The number of halogens is 3. The topological polar surface area (TPSA) is 0 Å². The molecule has 1 heterocycles. The lowest BCUT2D eigenvalue weighted by atomic mass is 10.5. The van der Waals surface area contributed by atoms with Crippen molar-refractivity contribution in [1.82, 2.24) is 0 Å². The fraction of sp³-hybridized carbons (Fsp3) is 0.200. The maximum atomic E-state index is 12.5. The highest BCUT2D eigenvalue weighted by Crippen LogP contribution is 2.26. The van der Waals surface area contributed by atoms with E-state index in [1.54, 1.807) is 0 Å². The first-order valence-electron chi connectivity index (χ1n) is 2.23. The number of thiophene rings is 1. The summed E-state index contributed by atoms with van der Waals surface area (Å²) in [5, 5.41) is 0. The first kappa shape index (κ1) is 7.51. The molecule has 0 aromatic carbocycles. The minimum atomic E-state index is -0.220. The zero-order chi connectivity index (χ0) is 6.85. The van der Waals surface area contributed by atoms with Crippen molar-refractivity contribution in [3.8, 4) is 0 Å². The number of hydrogen-bond donors (Lipinski definition) is 0. The molecule has 0 saturated carbocycles. The molecule has 0 saturated heterocycles. The molecule has 4 heteroatoms. The summed E-state index contributed by atoms with van der Waals surface area (Å²) in [5.41, 5.74) is 0. The van der Waals surface area contributed by atoms with Crippen LogP contribution >= 0.6 is 38.9 Å². The maximum Gasteiger partial charge on any atom is 0.139 e. The molecule has 50 valence electrons. The van der Waals surface area contributed by atoms with Crippen LogP contribution in [0.25, 0.3) is 0 Å². The van der Waals surface area contributed by atoms with Crippen LogP contribution < -0.4 is 0 Å². The first-order valence-corrected chi connectivity index (χ1v) is 4.38. The quantitative estimate of drug-likeness (QED) is 0.648. The number of rotatable bonds is 1. The van der Waals surface area contributed by atoms with Crippen LogP contribution in [0.4, 0.5) is 4.39 Å². The summed E-state index contributed by atoms with van der Waals surface area (Å²) in [4.78, 5) is 0.587. The van der Waals surface area contributed by atoms with Crippen molar-refractivity contribution >= 4 is 38.9 Å². The Labute approximate surface area is 69.8 Å². The van der Waals surface area contributed by atoms with Gasteiger partial charge in [0.05, 0.1) is 14.5 Å². The Kier molecular flexibility index (Phi) is 2.50. The SMILES string of the molecule is Fc1cc(Br)sc1CCl. The minimum absolute atomic E-state index is 0.220. The van der Waals surface area contributed by atoms with E-state index in [0.717, 1.165) is 3.79 Å². The molecule has 0 atom stereocenters. The molecule has 0 bridgehead atoms. The van der Waals surface area contributed by atoms with Gasteiger partial charge in [0.25, 0.3) is 0 Å². The summed E-state index contributed by atoms with van der Waals surface area (Å²) >= 11 is 9.86. The van der Waals surface area contributed by atoms with Crippen LogP contribution in [0.5, 0.6) is 0 Å². The smallest absolute Gasteiger partial charge is 0.139 e. The van der Waals surface area contributed by atoms with Gasteiger partial charge in [0.1, 0.15) is 5.82 Å². The van der Waals surface area contributed by atoms with Crippen molar-refractivity contribution in [2.24, 2.45) is 0 Å². The molecule has 0 aliphatic heterocycles. The summed E-state index contributed by atoms with van der Waals surface area (Å²) in [6.07, 6.45) is 0. The molecule has 0 radical (unpaired) electrons. The molecule has 1 aromatic heterocycles. The highest BCUT2D eigenvalue weighted by molar-refractivity contribution is 9.11. The van der Waals surface area contributed by atoms with Crippen LogP contribution in [0.3, 0.4) is 0 Å². The summed E-state index contributed by atoms with van der Waals surface area (Å²) in [6.45, 7) is 0. The second-order valence-electron chi connectivity index (χ2n) is 1.46.